The molecule has 0 aliphatic heterocycles. The molecular formula is C18H35F3. The van der Waals surface area contributed by atoms with E-state index in [0.717, 1.165) is 0 Å². The van der Waals surface area contributed by atoms with Gasteiger partial charge in [-0.15, -0.1) is 0 Å². The summed E-state index contributed by atoms with van der Waals surface area (Å²) in [6.07, 6.45) is -4.21. The minimum atomic E-state index is -4.21. The van der Waals surface area contributed by atoms with Gasteiger partial charge in [0.2, 0.25) is 0 Å². The summed E-state index contributed by atoms with van der Waals surface area (Å²) >= 11 is 0. The predicted octanol–water partition coefficient (Wildman–Crippen LogP) is 6.80. The van der Waals surface area contributed by atoms with Gasteiger partial charge in [-0.1, -0.05) is 69.2 Å². The Morgan fingerprint density at radius 2 is 0.905 bits per heavy atom. The van der Waals surface area contributed by atoms with Gasteiger partial charge in [0.05, 0.1) is 5.41 Å². The SMILES string of the molecule is CC(C)C(C(C)C)C(C)(C(F)(F)F)C(C)(C(C)C)C(C)C. The molecule has 0 fully saturated rings. The molecule has 0 N–H and O–H groups in total. The summed E-state index contributed by atoms with van der Waals surface area (Å²) in [5.41, 5.74) is -2.50. The van der Waals surface area contributed by atoms with E-state index in [2.05, 4.69) is 0 Å². The van der Waals surface area contributed by atoms with Gasteiger partial charge in [0.1, 0.15) is 0 Å². The topological polar surface area (TPSA) is 0 Å². The summed E-state index contributed by atoms with van der Waals surface area (Å²) in [4.78, 5) is 0. The zero-order valence-corrected chi connectivity index (χ0v) is 15.5. The molecule has 3 heteroatoms. The van der Waals surface area contributed by atoms with Crippen LogP contribution >= 0.6 is 0 Å². The molecule has 0 aromatic heterocycles. The number of hydrogen-bond acceptors (Lipinski definition) is 0. The molecule has 0 aliphatic rings. The van der Waals surface area contributed by atoms with Crippen LogP contribution in [0.3, 0.4) is 0 Å². The van der Waals surface area contributed by atoms with Crippen molar-refractivity contribution in [2.24, 2.45) is 40.4 Å². The van der Waals surface area contributed by atoms with Crippen LogP contribution in [0.4, 0.5) is 13.2 Å². The minimum Gasteiger partial charge on any atom is -0.170 e. The largest absolute Gasteiger partial charge is 0.395 e. The summed E-state index contributed by atoms with van der Waals surface area (Å²) in [6.45, 7) is 18.7. The van der Waals surface area contributed by atoms with Crippen LogP contribution in [0.15, 0.2) is 0 Å². The lowest BCUT2D eigenvalue weighted by molar-refractivity contribution is -0.304. The molecule has 0 aromatic carbocycles. The van der Waals surface area contributed by atoms with E-state index in [1.54, 1.807) is 0 Å². The number of alkyl halides is 3. The van der Waals surface area contributed by atoms with E-state index in [4.69, 9.17) is 0 Å². The van der Waals surface area contributed by atoms with E-state index in [-0.39, 0.29) is 23.7 Å². The second-order valence-electron chi connectivity index (χ2n) is 8.31. The molecule has 0 saturated heterocycles. The van der Waals surface area contributed by atoms with Crippen LogP contribution in [0.2, 0.25) is 0 Å². The first-order valence-electron chi connectivity index (χ1n) is 8.22. The Kier molecular flexibility index (Phi) is 6.43. The zero-order chi connectivity index (χ0) is 17.4. The van der Waals surface area contributed by atoms with Gasteiger partial charge < -0.3 is 0 Å². The van der Waals surface area contributed by atoms with Crippen molar-refractivity contribution in [2.45, 2.75) is 75.4 Å². The van der Waals surface area contributed by atoms with Gasteiger partial charge >= 0.3 is 6.18 Å². The van der Waals surface area contributed by atoms with Crippen molar-refractivity contribution >= 4 is 0 Å². The van der Waals surface area contributed by atoms with Crippen LogP contribution < -0.4 is 0 Å². The third kappa shape index (κ3) is 3.27. The predicted molar refractivity (Wildman–Crippen MR) is 85.1 cm³/mol. The van der Waals surface area contributed by atoms with E-state index in [0.29, 0.717) is 0 Å². The van der Waals surface area contributed by atoms with E-state index in [1.807, 2.05) is 62.3 Å². The molecule has 0 nitrogen and oxygen atoms in total. The van der Waals surface area contributed by atoms with E-state index >= 15 is 0 Å². The summed E-state index contributed by atoms with van der Waals surface area (Å²) in [5, 5.41) is 0. The molecule has 0 heterocycles. The lowest BCUT2D eigenvalue weighted by atomic mass is 9.47. The second-order valence-corrected chi connectivity index (χ2v) is 8.31. The Morgan fingerprint density at radius 1 is 0.619 bits per heavy atom. The van der Waals surface area contributed by atoms with Gasteiger partial charge in [0, 0.05) is 0 Å². The Hall–Kier alpha value is -0.210. The van der Waals surface area contributed by atoms with Crippen molar-refractivity contribution in [1.82, 2.24) is 0 Å². The van der Waals surface area contributed by atoms with Crippen molar-refractivity contribution in [3.8, 4) is 0 Å². The first kappa shape index (κ1) is 20.8. The fourth-order valence-corrected chi connectivity index (χ4v) is 4.82. The van der Waals surface area contributed by atoms with Crippen molar-refractivity contribution in [2.75, 3.05) is 0 Å². The van der Waals surface area contributed by atoms with Gasteiger partial charge in [-0.05, 0) is 35.0 Å². The van der Waals surface area contributed by atoms with E-state index in [9.17, 15) is 13.2 Å². The fourth-order valence-electron chi connectivity index (χ4n) is 4.82. The number of hydrogen-bond donors (Lipinski definition) is 0. The van der Waals surface area contributed by atoms with E-state index < -0.39 is 22.9 Å². The molecule has 1 atom stereocenters. The summed E-state index contributed by atoms with van der Waals surface area (Å²) in [6, 6.07) is 0. The van der Waals surface area contributed by atoms with Crippen molar-refractivity contribution in [3.05, 3.63) is 0 Å². The molecule has 0 aromatic rings. The lowest BCUT2D eigenvalue weighted by Crippen LogP contribution is -2.60. The zero-order valence-electron chi connectivity index (χ0n) is 15.5. The van der Waals surface area contributed by atoms with Crippen molar-refractivity contribution in [3.63, 3.8) is 0 Å². The molecular weight excluding hydrogens is 273 g/mol. The average molecular weight is 308 g/mol. The van der Waals surface area contributed by atoms with Crippen LogP contribution in [-0.2, 0) is 0 Å². The molecule has 0 aliphatic carbocycles. The smallest absolute Gasteiger partial charge is 0.170 e. The van der Waals surface area contributed by atoms with Crippen LogP contribution in [0.25, 0.3) is 0 Å². The maximum Gasteiger partial charge on any atom is 0.395 e. The third-order valence-electron chi connectivity index (χ3n) is 6.21. The maximum atomic E-state index is 14.3. The Balaban J connectivity index is 6.46. The lowest BCUT2D eigenvalue weighted by Gasteiger charge is -2.58. The third-order valence-corrected chi connectivity index (χ3v) is 6.21. The molecule has 0 spiro atoms. The highest BCUT2D eigenvalue weighted by Crippen LogP contribution is 2.64. The highest BCUT2D eigenvalue weighted by molar-refractivity contribution is 5.05. The maximum absolute atomic E-state index is 14.3. The minimum absolute atomic E-state index is 0.00606. The molecule has 1 unspecified atom stereocenters. The van der Waals surface area contributed by atoms with Crippen molar-refractivity contribution < 1.29 is 13.2 Å². The second kappa shape index (κ2) is 6.50. The van der Waals surface area contributed by atoms with Gasteiger partial charge in [-0.2, -0.15) is 13.2 Å². The standard InChI is InChI=1S/C18H35F3/c1-11(2)15(12(3)4)17(10,18(19,20)21)16(9,13(5)6)14(7)8/h11-15H,1-10H3. The van der Waals surface area contributed by atoms with Gasteiger partial charge in [0.15, 0.2) is 0 Å². The normalized spacial score (nSPS) is 17.4. The van der Waals surface area contributed by atoms with Crippen LogP contribution in [0, 0.1) is 40.4 Å². The van der Waals surface area contributed by atoms with Crippen LogP contribution in [-0.4, -0.2) is 6.18 Å². The molecule has 21 heavy (non-hydrogen) atoms. The first-order chi connectivity index (χ1) is 9.15. The molecule has 0 amide bonds. The fraction of sp³-hybridized carbons (Fsp3) is 1.00. The molecule has 0 saturated carbocycles. The van der Waals surface area contributed by atoms with Gasteiger partial charge in [-0.25, -0.2) is 0 Å². The van der Waals surface area contributed by atoms with E-state index in [1.165, 1.54) is 6.92 Å². The summed E-state index contributed by atoms with van der Waals surface area (Å²) < 4.78 is 42.9. The quantitative estimate of drug-likeness (QED) is 0.506. The Morgan fingerprint density at radius 3 is 1.05 bits per heavy atom. The van der Waals surface area contributed by atoms with Crippen LogP contribution in [0.5, 0.6) is 0 Å². The van der Waals surface area contributed by atoms with Crippen molar-refractivity contribution in [1.29, 1.82) is 0 Å². The first-order valence-corrected chi connectivity index (χ1v) is 8.22. The Bertz CT molecular complexity index is 310. The monoisotopic (exact) mass is 308 g/mol. The van der Waals surface area contributed by atoms with Gasteiger partial charge in [0.25, 0.3) is 0 Å². The Labute approximate surface area is 129 Å². The molecule has 128 valence electrons. The summed E-state index contributed by atoms with van der Waals surface area (Å²) in [5.74, 6) is -0.484. The highest BCUT2D eigenvalue weighted by Gasteiger charge is 2.67. The number of halogens is 3. The summed E-state index contributed by atoms with van der Waals surface area (Å²) in [7, 11) is 0. The van der Waals surface area contributed by atoms with Gasteiger partial charge in [-0.3, -0.25) is 0 Å². The van der Waals surface area contributed by atoms with Crippen LogP contribution in [0.1, 0.15) is 69.2 Å². The molecule has 0 rings (SSSR count). The average Bonchev–Trinajstić information content (AvgIpc) is 2.23. The highest BCUT2D eigenvalue weighted by atomic mass is 19.4. The molecule has 0 bridgehead atoms. The molecule has 0 radical (unpaired) electrons. The number of rotatable bonds is 6.